The van der Waals surface area contributed by atoms with Gasteiger partial charge in [0.25, 0.3) is 0 Å². The zero-order valence-corrected chi connectivity index (χ0v) is 8.89. The molecule has 0 radical (unpaired) electrons. The van der Waals surface area contributed by atoms with Crippen LogP contribution in [0.5, 0.6) is 0 Å². The van der Waals surface area contributed by atoms with Crippen molar-refractivity contribution in [3.8, 4) is 0 Å². The second-order valence-corrected chi connectivity index (χ2v) is 3.57. The van der Waals surface area contributed by atoms with Crippen LogP contribution in [0.2, 0.25) is 0 Å². The summed E-state index contributed by atoms with van der Waals surface area (Å²) in [5, 5.41) is 3.25. The predicted molar refractivity (Wildman–Crippen MR) is 59.0 cm³/mol. The molecule has 0 saturated heterocycles. The van der Waals surface area contributed by atoms with Crippen LogP contribution in [-0.2, 0) is 0 Å². The van der Waals surface area contributed by atoms with E-state index in [4.69, 9.17) is 0 Å². The van der Waals surface area contributed by atoms with Gasteiger partial charge in [0.05, 0.1) is 0 Å². The Morgan fingerprint density at radius 3 is 2.57 bits per heavy atom. The molecule has 1 nitrogen and oxygen atoms in total. The Kier molecular flexibility index (Phi) is 4.44. The Balaban J connectivity index is 2.44. The van der Waals surface area contributed by atoms with Crippen LogP contribution in [-0.4, -0.2) is 6.54 Å². The molecule has 0 fully saturated rings. The highest BCUT2D eigenvalue weighted by molar-refractivity contribution is 5.42. The van der Waals surface area contributed by atoms with Gasteiger partial charge in [-0.1, -0.05) is 32.8 Å². The summed E-state index contributed by atoms with van der Waals surface area (Å²) in [7, 11) is 0. The second kappa shape index (κ2) is 5.63. The van der Waals surface area contributed by atoms with Gasteiger partial charge in [0.15, 0.2) is 0 Å². The Morgan fingerprint density at radius 2 is 2.00 bits per heavy atom. The molecule has 1 N–H and O–H groups in total. The molecule has 0 heterocycles. The largest absolute Gasteiger partial charge is 0.385 e. The van der Waals surface area contributed by atoms with Gasteiger partial charge < -0.3 is 5.32 Å². The van der Waals surface area contributed by atoms with E-state index >= 15 is 0 Å². The standard InChI is InChI=1S/C12H18FN/c1-3-10(4-2)9-14-12-7-5-6-11(13)8-12/h5-8,10,14H,3-4,9H2,1-2H3. The molecular formula is C12H18FN. The lowest BCUT2D eigenvalue weighted by atomic mass is 10.0. The lowest BCUT2D eigenvalue weighted by Gasteiger charge is -2.14. The number of hydrogen-bond acceptors (Lipinski definition) is 1. The zero-order valence-electron chi connectivity index (χ0n) is 8.89. The van der Waals surface area contributed by atoms with Gasteiger partial charge in [-0.25, -0.2) is 4.39 Å². The van der Waals surface area contributed by atoms with E-state index in [9.17, 15) is 4.39 Å². The van der Waals surface area contributed by atoms with Crippen LogP contribution >= 0.6 is 0 Å². The molecule has 0 atom stereocenters. The highest BCUT2D eigenvalue weighted by atomic mass is 19.1. The highest BCUT2D eigenvalue weighted by Gasteiger charge is 2.02. The van der Waals surface area contributed by atoms with E-state index in [1.54, 1.807) is 6.07 Å². The van der Waals surface area contributed by atoms with Crippen LogP contribution in [0.4, 0.5) is 10.1 Å². The minimum atomic E-state index is -0.181. The average Bonchev–Trinajstić information content (AvgIpc) is 2.19. The molecule has 0 aliphatic heterocycles. The molecule has 0 unspecified atom stereocenters. The van der Waals surface area contributed by atoms with Gasteiger partial charge in [-0.3, -0.25) is 0 Å². The summed E-state index contributed by atoms with van der Waals surface area (Å²) in [5.74, 6) is 0.498. The van der Waals surface area contributed by atoms with Gasteiger partial charge >= 0.3 is 0 Å². The van der Waals surface area contributed by atoms with Crippen molar-refractivity contribution in [3.63, 3.8) is 0 Å². The predicted octanol–water partition coefficient (Wildman–Crippen LogP) is 3.67. The maximum absolute atomic E-state index is 12.8. The van der Waals surface area contributed by atoms with Crippen molar-refractivity contribution in [1.29, 1.82) is 0 Å². The first-order chi connectivity index (χ1) is 6.76. The van der Waals surface area contributed by atoms with Crippen molar-refractivity contribution < 1.29 is 4.39 Å². The van der Waals surface area contributed by atoms with Gasteiger partial charge in [-0.15, -0.1) is 0 Å². The number of benzene rings is 1. The maximum atomic E-state index is 12.8. The average molecular weight is 195 g/mol. The van der Waals surface area contributed by atoms with Gasteiger partial charge in [-0.05, 0) is 24.1 Å². The Hall–Kier alpha value is -1.05. The third-order valence-corrected chi connectivity index (χ3v) is 2.57. The Bertz CT molecular complexity index is 269. The fourth-order valence-electron chi connectivity index (χ4n) is 1.44. The molecule has 1 aromatic carbocycles. The summed E-state index contributed by atoms with van der Waals surface area (Å²) in [6, 6.07) is 6.61. The minimum Gasteiger partial charge on any atom is -0.385 e. The van der Waals surface area contributed by atoms with Crippen molar-refractivity contribution in [1.82, 2.24) is 0 Å². The SMILES string of the molecule is CCC(CC)CNc1cccc(F)c1. The molecule has 78 valence electrons. The summed E-state index contributed by atoms with van der Waals surface area (Å²) in [4.78, 5) is 0. The molecule has 0 aliphatic rings. The van der Waals surface area contributed by atoms with E-state index in [1.807, 2.05) is 6.07 Å². The first-order valence-corrected chi connectivity index (χ1v) is 5.25. The summed E-state index contributed by atoms with van der Waals surface area (Å²) in [6.45, 7) is 5.29. The lowest BCUT2D eigenvalue weighted by molar-refractivity contribution is 0.519. The third-order valence-electron chi connectivity index (χ3n) is 2.57. The number of rotatable bonds is 5. The first kappa shape index (κ1) is 11.0. The van der Waals surface area contributed by atoms with E-state index in [0.29, 0.717) is 5.92 Å². The molecule has 0 amide bonds. The summed E-state index contributed by atoms with van der Waals surface area (Å²) in [6.07, 6.45) is 2.33. The van der Waals surface area contributed by atoms with Crippen LogP contribution < -0.4 is 5.32 Å². The van der Waals surface area contributed by atoms with Crippen LogP contribution in [0, 0.1) is 11.7 Å². The van der Waals surface area contributed by atoms with E-state index in [2.05, 4.69) is 19.2 Å². The number of anilines is 1. The fourth-order valence-corrected chi connectivity index (χ4v) is 1.44. The zero-order chi connectivity index (χ0) is 10.4. The Morgan fingerprint density at radius 1 is 1.29 bits per heavy atom. The van der Waals surface area contributed by atoms with Gasteiger partial charge in [-0.2, -0.15) is 0 Å². The molecule has 0 bridgehead atoms. The van der Waals surface area contributed by atoms with E-state index in [1.165, 1.54) is 25.0 Å². The van der Waals surface area contributed by atoms with Crippen LogP contribution in [0.3, 0.4) is 0 Å². The van der Waals surface area contributed by atoms with Crippen LogP contribution in [0.1, 0.15) is 26.7 Å². The van der Waals surface area contributed by atoms with Crippen molar-refractivity contribution in [2.75, 3.05) is 11.9 Å². The molecule has 0 aromatic heterocycles. The lowest BCUT2D eigenvalue weighted by Crippen LogP contribution is -2.12. The molecule has 0 saturated carbocycles. The smallest absolute Gasteiger partial charge is 0.125 e. The monoisotopic (exact) mass is 195 g/mol. The summed E-state index contributed by atoms with van der Waals surface area (Å²) in [5.41, 5.74) is 0.872. The second-order valence-electron chi connectivity index (χ2n) is 3.57. The highest BCUT2D eigenvalue weighted by Crippen LogP contribution is 2.12. The normalized spacial score (nSPS) is 10.6. The maximum Gasteiger partial charge on any atom is 0.125 e. The van der Waals surface area contributed by atoms with E-state index < -0.39 is 0 Å². The number of nitrogens with one attached hydrogen (secondary N) is 1. The minimum absolute atomic E-state index is 0.181. The van der Waals surface area contributed by atoms with Crippen molar-refractivity contribution in [3.05, 3.63) is 30.1 Å². The molecule has 0 spiro atoms. The summed E-state index contributed by atoms with van der Waals surface area (Å²) < 4.78 is 12.8. The number of halogens is 1. The van der Waals surface area contributed by atoms with Gasteiger partial charge in [0, 0.05) is 12.2 Å². The summed E-state index contributed by atoms with van der Waals surface area (Å²) >= 11 is 0. The number of hydrogen-bond donors (Lipinski definition) is 1. The van der Waals surface area contributed by atoms with E-state index in [0.717, 1.165) is 12.2 Å². The van der Waals surface area contributed by atoms with Crippen molar-refractivity contribution in [2.45, 2.75) is 26.7 Å². The molecule has 1 aromatic rings. The third kappa shape index (κ3) is 3.36. The molecule has 2 heteroatoms. The molecular weight excluding hydrogens is 177 g/mol. The van der Waals surface area contributed by atoms with Crippen molar-refractivity contribution >= 4 is 5.69 Å². The van der Waals surface area contributed by atoms with Crippen LogP contribution in [0.25, 0.3) is 0 Å². The topological polar surface area (TPSA) is 12.0 Å². The van der Waals surface area contributed by atoms with E-state index in [-0.39, 0.29) is 5.82 Å². The Labute approximate surface area is 85.3 Å². The first-order valence-electron chi connectivity index (χ1n) is 5.25. The van der Waals surface area contributed by atoms with Gasteiger partial charge in [0.2, 0.25) is 0 Å². The fraction of sp³-hybridized carbons (Fsp3) is 0.500. The molecule has 0 aliphatic carbocycles. The molecule has 1 rings (SSSR count). The molecule has 14 heavy (non-hydrogen) atoms. The van der Waals surface area contributed by atoms with Crippen molar-refractivity contribution in [2.24, 2.45) is 5.92 Å². The quantitative estimate of drug-likeness (QED) is 0.755. The van der Waals surface area contributed by atoms with Crippen LogP contribution in [0.15, 0.2) is 24.3 Å². The van der Waals surface area contributed by atoms with Gasteiger partial charge in [0.1, 0.15) is 5.82 Å².